The first kappa shape index (κ1) is 13.8. The Morgan fingerprint density at radius 3 is 2.76 bits per heavy atom. The minimum absolute atomic E-state index is 0.0629. The monoisotopic (exact) mass is 305 g/mol. The minimum atomic E-state index is -3.63. The number of furan rings is 1. The fourth-order valence-corrected chi connectivity index (χ4v) is 3.36. The third-order valence-corrected chi connectivity index (χ3v) is 5.39. The van der Waals surface area contributed by atoms with Crippen LogP contribution in [0, 0.1) is 0 Å². The van der Waals surface area contributed by atoms with E-state index in [-0.39, 0.29) is 5.03 Å². The number of fused-ring (bicyclic) bond motifs is 1. The first-order valence-electron chi connectivity index (χ1n) is 6.45. The molecule has 0 amide bonds. The molecule has 1 aromatic carbocycles. The minimum Gasteiger partial charge on any atom is -0.459 e. The van der Waals surface area contributed by atoms with Crippen molar-refractivity contribution < 1.29 is 12.8 Å². The second-order valence-electron chi connectivity index (χ2n) is 4.80. The van der Waals surface area contributed by atoms with Crippen molar-refractivity contribution in [1.82, 2.24) is 14.3 Å². The molecule has 3 aromatic rings. The second kappa shape index (κ2) is 5.01. The summed E-state index contributed by atoms with van der Waals surface area (Å²) in [6, 6.07) is 9.01. The van der Waals surface area contributed by atoms with Crippen LogP contribution in [0.15, 0.2) is 52.3 Å². The van der Waals surface area contributed by atoms with E-state index in [0.717, 1.165) is 11.0 Å². The van der Waals surface area contributed by atoms with Gasteiger partial charge in [-0.15, -0.1) is 0 Å². The molecule has 1 unspecified atom stereocenters. The fourth-order valence-electron chi connectivity index (χ4n) is 2.13. The fraction of sp³-hybridized carbons (Fsp3) is 0.214. The molecule has 1 N–H and O–H groups in total. The lowest BCUT2D eigenvalue weighted by Gasteiger charge is -2.21. The summed E-state index contributed by atoms with van der Waals surface area (Å²) in [7, 11) is -2.10. The Morgan fingerprint density at radius 2 is 2.10 bits per heavy atom. The number of rotatable bonds is 4. The van der Waals surface area contributed by atoms with Crippen LogP contribution in [0.25, 0.3) is 11.0 Å². The molecular formula is C14H15N3O3S. The van der Waals surface area contributed by atoms with E-state index in [4.69, 9.17) is 4.42 Å². The third-order valence-electron chi connectivity index (χ3n) is 3.53. The number of nitrogens with zero attached hydrogens (tertiary/aromatic N) is 2. The lowest BCUT2D eigenvalue weighted by Crippen LogP contribution is -2.29. The molecule has 2 heterocycles. The summed E-state index contributed by atoms with van der Waals surface area (Å²) >= 11 is 0. The van der Waals surface area contributed by atoms with Crippen molar-refractivity contribution in [1.29, 1.82) is 0 Å². The normalized spacial score (nSPS) is 13.9. The molecule has 0 aliphatic carbocycles. The molecule has 1 atom stereocenters. The van der Waals surface area contributed by atoms with Gasteiger partial charge in [-0.1, -0.05) is 18.2 Å². The SMILES string of the molecule is CC(c1cc2ccccc2o1)N(C)S(=O)(=O)c1cnc[nH]1. The van der Waals surface area contributed by atoms with Crippen molar-refractivity contribution >= 4 is 21.0 Å². The predicted octanol–water partition coefficient (Wildman–Crippen LogP) is 2.54. The maximum absolute atomic E-state index is 12.4. The van der Waals surface area contributed by atoms with E-state index in [1.165, 1.54) is 23.9 Å². The van der Waals surface area contributed by atoms with Crippen molar-refractivity contribution in [3.63, 3.8) is 0 Å². The number of sulfonamides is 1. The van der Waals surface area contributed by atoms with Gasteiger partial charge in [-0.2, -0.15) is 4.31 Å². The average Bonchev–Trinajstić information content (AvgIpc) is 3.14. The number of benzene rings is 1. The van der Waals surface area contributed by atoms with Crippen LogP contribution in [0.1, 0.15) is 18.7 Å². The molecule has 6 nitrogen and oxygen atoms in total. The molecule has 7 heteroatoms. The van der Waals surface area contributed by atoms with Gasteiger partial charge >= 0.3 is 0 Å². The average molecular weight is 305 g/mol. The van der Waals surface area contributed by atoms with Gasteiger partial charge in [0.1, 0.15) is 11.3 Å². The first-order chi connectivity index (χ1) is 10.00. The molecule has 0 aliphatic heterocycles. The van der Waals surface area contributed by atoms with E-state index in [1.807, 2.05) is 30.3 Å². The van der Waals surface area contributed by atoms with E-state index < -0.39 is 16.1 Å². The van der Waals surface area contributed by atoms with Crippen molar-refractivity contribution in [2.75, 3.05) is 7.05 Å². The lowest BCUT2D eigenvalue weighted by atomic mass is 10.2. The number of aromatic amines is 1. The zero-order valence-corrected chi connectivity index (χ0v) is 12.5. The number of imidazole rings is 1. The largest absolute Gasteiger partial charge is 0.459 e. The maximum Gasteiger partial charge on any atom is 0.260 e. The highest BCUT2D eigenvalue weighted by Crippen LogP contribution is 2.29. The second-order valence-corrected chi connectivity index (χ2v) is 6.77. The van der Waals surface area contributed by atoms with Crippen molar-refractivity contribution in [2.45, 2.75) is 18.0 Å². The van der Waals surface area contributed by atoms with Crippen LogP contribution in [0.4, 0.5) is 0 Å². The molecule has 0 aliphatic rings. The summed E-state index contributed by atoms with van der Waals surface area (Å²) < 4.78 is 31.9. The van der Waals surface area contributed by atoms with Crippen LogP contribution in [0.2, 0.25) is 0 Å². The molecule has 21 heavy (non-hydrogen) atoms. The maximum atomic E-state index is 12.4. The van der Waals surface area contributed by atoms with Crippen LogP contribution in [-0.4, -0.2) is 29.7 Å². The first-order valence-corrected chi connectivity index (χ1v) is 7.89. The van der Waals surface area contributed by atoms with Gasteiger partial charge < -0.3 is 9.40 Å². The molecule has 0 spiro atoms. The zero-order chi connectivity index (χ0) is 15.0. The van der Waals surface area contributed by atoms with Gasteiger partial charge in [0.25, 0.3) is 10.0 Å². The number of aromatic nitrogens is 2. The lowest BCUT2D eigenvalue weighted by molar-refractivity contribution is 0.347. The van der Waals surface area contributed by atoms with Gasteiger partial charge in [0, 0.05) is 12.4 Å². The van der Waals surface area contributed by atoms with Crippen LogP contribution >= 0.6 is 0 Å². The van der Waals surface area contributed by atoms with E-state index in [9.17, 15) is 8.42 Å². The van der Waals surface area contributed by atoms with Crippen LogP contribution in [0.5, 0.6) is 0 Å². The highest BCUT2D eigenvalue weighted by Gasteiger charge is 2.29. The standard InChI is InChI=1S/C14H15N3O3S/c1-10(13-7-11-5-3-4-6-12(11)20-13)17(2)21(18,19)14-8-15-9-16-14/h3-10H,1-2H3,(H,15,16). The number of para-hydroxylation sites is 1. The summed E-state index contributed by atoms with van der Waals surface area (Å²) in [4.78, 5) is 6.37. The predicted molar refractivity (Wildman–Crippen MR) is 78.2 cm³/mol. The zero-order valence-electron chi connectivity index (χ0n) is 11.6. The van der Waals surface area contributed by atoms with Gasteiger partial charge in [0.15, 0.2) is 5.03 Å². The van der Waals surface area contributed by atoms with Gasteiger partial charge in [0.2, 0.25) is 0 Å². The highest BCUT2D eigenvalue weighted by molar-refractivity contribution is 7.89. The third kappa shape index (κ3) is 2.34. The quantitative estimate of drug-likeness (QED) is 0.803. The number of hydrogen-bond donors (Lipinski definition) is 1. The van der Waals surface area contributed by atoms with Gasteiger partial charge in [0.05, 0.1) is 18.6 Å². The Kier molecular flexibility index (Phi) is 3.30. The van der Waals surface area contributed by atoms with Crippen LogP contribution < -0.4 is 0 Å². The Labute approximate surface area is 122 Å². The topological polar surface area (TPSA) is 79.2 Å². The van der Waals surface area contributed by atoms with Crippen LogP contribution in [0.3, 0.4) is 0 Å². The van der Waals surface area contributed by atoms with E-state index in [0.29, 0.717) is 5.76 Å². The van der Waals surface area contributed by atoms with Gasteiger partial charge in [-0.25, -0.2) is 13.4 Å². The molecule has 110 valence electrons. The molecule has 0 radical (unpaired) electrons. The Hall–Kier alpha value is -2.12. The molecule has 3 rings (SSSR count). The Bertz CT molecular complexity index is 820. The molecule has 0 fully saturated rings. The van der Waals surface area contributed by atoms with E-state index >= 15 is 0 Å². The summed E-state index contributed by atoms with van der Waals surface area (Å²) in [6.07, 6.45) is 2.63. The van der Waals surface area contributed by atoms with Gasteiger partial charge in [-0.3, -0.25) is 0 Å². The Morgan fingerprint density at radius 1 is 1.33 bits per heavy atom. The van der Waals surface area contributed by atoms with Gasteiger partial charge in [-0.05, 0) is 19.1 Å². The molecular weight excluding hydrogens is 290 g/mol. The summed E-state index contributed by atoms with van der Waals surface area (Å²) in [6.45, 7) is 1.78. The van der Waals surface area contributed by atoms with Crippen molar-refractivity contribution in [3.8, 4) is 0 Å². The summed E-state index contributed by atoms with van der Waals surface area (Å²) in [5.74, 6) is 0.599. The summed E-state index contributed by atoms with van der Waals surface area (Å²) in [5.41, 5.74) is 0.742. The molecule has 0 saturated heterocycles. The van der Waals surface area contributed by atoms with E-state index in [1.54, 1.807) is 6.92 Å². The smallest absolute Gasteiger partial charge is 0.260 e. The molecule has 0 bridgehead atoms. The van der Waals surface area contributed by atoms with Crippen molar-refractivity contribution in [3.05, 3.63) is 48.6 Å². The summed E-state index contributed by atoms with van der Waals surface area (Å²) in [5, 5.41) is 1.01. The van der Waals surface area contributed by atoms with E-state index in [2.05, 4.69) is 9.97 Å². The molecule has 0 saturated carbocycles. The number of H-pyrrole nitrogens is 1. The van der Waals surface area contributed by atoms with Crippen molar-refractivity contribution in [2.24, 2.45) is 0 Å². The highest BCUT2D eigenvalue weighted by atomic mass is 32.2. The number of hydrogen-bond acceptors (Lipinski definition) is 4. The van der Waals surface area contributed by atoms with Crippen LogP contribution in [-0.2, 0) is 10.0 Å². The number of nitrogens with one attached hydrogen (secondary N) is 1. The molecule has 2 aromatic heterocycles. The Balaban J connectivity index is 1.96.